The number of fused-ring (bicyclic) bond motifs is 1. The number of tetrazole rings is 1. The summed E-state index contributed by atoms with van der Waals surface area (Å²) < 4.78 is 2.69. The van der Waals surface area contributed by atoms with Crippen LogP contribution in [0.1, 0.15) is 6.42 Å². The molecule has 0 amide bonds. The fourth-order valence-corrected chi connectivity index (χ4v) is 2.84. The molecule has 1 aromatic carbocycles. The third-order valence-electron chi connectivity index (χ3n) is 2.79. The van der Waals surface area contributed by atoms with Gasteiger partial charge in [-0.15, -0.1) is 16.4 Å². The summed E-state index contributed by atoms with van der Waals surface area (Å²) in [6, 6.07) is 7.99. The highest BCUT2D eigenvalue weighted by molar-refractivity contribution is 7.17. The summed E-state index contributed by atoms with van der Waals surface area (Å²) in [6.07, 6.45) is 0.000109. The van der Waals surface area contributed by atoms with E-state index in [4.69, 9.17) is 5.11 Å². The molecule has 0 saturated carbocycles. The smallest absolute Gasteiger partial charge is 0.305 e. The predicted octanol–water partition coefficient (Wildman–Crippen LogP) is 2.03. The molecular formula is C12H10N4O2S. The van der Waals surface area contributed by atoms with Crippen LogP contribution in [-0.2, 0) is 11.3 Å². The van der Waals surface area contributed by atoms with E-state index in [1.54, 1.807) is 11.3 Å². The second kappa shape index (κ2) is 4.77. The SMILES string of the molecule is O=C(O)CCn1nnnc1-c1csc2ccccc12. The summed E-state index contributed by atoms with van der Waals surface area (Å²) in [5.74, 6) is -0.254. The molecule has 0 atom stereocenters. The normalized spacial score (nSPS) is 10.9. The minimum Gasteiger partial charge on any atom is -0.481 e. The van der Waals surface area contributed by atoms with Crippen LogP contribution in [0.5, 0.6) is 0 Å². The third kappa shape index (κ3) is 2.19. The van der Waals surface area contributed by atoms with Crippen molar-refractivity contribution in [2.24, 2.45) is 0 Å². The van der Waals surface area contributed by atoms with Gasteiger partial charge in [0.15, 0.2) is 5.82 Å². The highest BCUT2D eigenvalue weighted by Gasteiger charge is 2.14. The average molecular weight is 274 g/mol. The van der Waals surface area contributed by atoms with E-state index < -0.39 is 5.97 Å². The number of aromatic nitrogens is 4. The number of aryl methyl sites for hydroxylation is 1. The molecule has 0 aliphatic carbocycles. The Balaban J connectivity index is 2.02. The monoisotopic (exact) mass is 274 g/mol. The van der Waals surface area contributed by atoms with Crippen LogP contribution >= 0.6 is 11.3 Å². The van der Waals surface area contributed by atoms with Crippen LogP contribution in [0.4, 0.5) is 0 Å². The summed E-state index contributed by atoms with van der Waals surface area (Å²) in [7, 11) is 0. The summed E-state index contributed by atoms with van der Waals surface area (Å²) in [5.41, 5.74) is 0.941. The Morgan fingerprint density at radius 1 is 1.37 bits per heavy atom. The lowest BCUT2D eigenvalue weighted by Crippen LogP contribution is -2.07. The Hall–Kier alpha value is -2.28. The lowest BCUT2D eigenvalue weighted by molar-refractivity contribution is -0.137. The van der Waals surface area contributed by atoms with Gasteiger partial charge in [-0.25, -0.2) is 4.68 Å². The van der Waals surface area contributed by atoms with Crippen molar-refractivity contribution in [1.82, 2.24) is 20.2 Å². The van der Waals surface area contributed by atoms with Gasteiger partial charge >= 0.3 is 5.97 Å². The first-order valence-corrected chi connectivity index (χ1v) is 6.58. The average Bonchev–Trinajstić information content (AvgIpc) is 3.02. The standard InChI is InChI=1S/C12H10N4O2S/c17-11(18)5-6-16-12(13-14-15-16)9-7-19-10-4-2-1-3-8(9)10/h1-4,7H,5-6H2,(H,17,18). The van der Waals surface area contributed by atoms with E-state index in [1.165, 1.54) is 4.68 Å². The number of hydrogen-bond donors (Lipinski definition) is 1. The molecule has 2 heterocycles. The molecular weight excluding hydrogens is 264 g/mol. The molecule has 6 nitrogen and oxygen atoms in total. The number of hydrogen-bond acceptors (Lipinski definition) is 5. The number of aliphatic carboxylic acids is 1. The zero-order chi connectivity index (χ0) is 13.2. The summed E-state index contributed by atoms with van der Waals surface area (Å²) >= 11 is 1.62. The first-order valence-electron chi connectivity index (χ1n) is 5.70. The Morgan fingerprint density at radius 3 is 3.05 bits per heavy atom. The molecule has 0 aliphatic heterocycles. The number of carboxylic acids is 1. The van der Waals surface area contributed by atoms with Crippen molar-refractivity contribution < 1.29 is 9.90 Å². The van der Waals surface area contributed by atoms with Gasteiger partial charge in [0.2, 0.25) is 0 Å². The lowest BCUT2D eigenvalue weighted by atomic mass is 10.1. The highest BCUT2D eigenvalue weighted by atomic mass is 32.1. The van der Waals surface area contributed by atoms with Crippen molar-refractivity contribution in [3.63, 3.8) is 0 Å². The first-order chi connectivity index (χ1) is 9.25. The molecule has 96 valence electrons. The fraction of sp³-hybridized carbons (Fsp3) is 0.167. The van der Waals surface area contributed by atoms with Gasteiger partial charge < -0.3 is 5.11 Å². The molecule has 0 saturated heterocycles. The Kier molecular flexibility index (Phi) is 2.96. The van der Waals surface area contributed by atoms with E-state index in [9.17, 15) is 4.79 Å². The number of nitrogens with zero attached hydrogens (tertiary/aromatic N) is 4. The Bertz CT molecular complexity index is 734. The number of carbonyl (C=O) groups is 1. The zero-order valence-electron chi connectivity index (χ0n) is 9.85. The number of carboxylic acid groups (broad SMARTS) is 1. The molecule has 1 N–H and O–H groups in total. The second-order valence-corrected chi connectivity index (χ2v) is 4.93. The fourth-order valence-electron chi connectivity index (χ4n) is 1.90. The molecule has 0 fully saturated rings. The first kappa shape index (κ1) is 11.8. The van der Waals surface area contributed by atoms with Crippen LogP contribution in [0.2, 0.25) is 0 Å². The van der Waals surface area contributed by atoms with Crippen LogP contribution in [0, 0.1) is 0 Å². The topological polar surface area (TPSA) is 80.9 Å². The number of rotatable bonds is 4. The summed E-state index contributed by atoms with van der Waals surface area (Å²) in [4.78, 5) is 10.6. The molecule has 3 rings (SSSR count). The van der Waals surface area contributed by atoms with E-state index in [-0.39, 0.29) is 13.0 Å². The number of benzene rings is 1. The van der Waals surface area contributed by atoms with Gasteiger partial charge in [-0.3, -0.25) is 4.79 Å². The molecule has 0 aliphatic rings. The molecule has 2 aromatic heterocycles. The maximum absolute atomic E-state index is 10.6. The molecule has 3 aromatic rings. The van der Waals surface area contributed by atoms with Gasteiger partial charge in [0, 0.05) is 21.0 Å². The Morgan fingerprint density at radius 2 is 2.21 bits per heavy atom. The van der Waals surface area contributed by atoms with Crippen molar-refractivity contribution in [2.75, 3.05) is 0 Å². The largest absolute Gasteiger partial charge is 0.481 e. The molecule has 0 unspecified atom stereocenters. The van der Waals surface area contributed by atoms with E-state index >= 15 is 0 Å². The predicted molar refractivity (Wildman–Crippen MR) is 70.9 cm³/mol. The number of thiophene rings is 1. The van der Waals surface area contributed by atoms with E-state index in [0.717, 1.165) is 15.6 Å². The second-order valence-electron chi connectivity index (χ2n) is 4.01. The molecule has 0 bridgehead atoms. The molecule has 0 spiro atoms. The third-order valence-corrected chi connectivity index (χ3v) is 3.75. The van der Waals surface area contributed by atoms with Crippen molar-refractivity contribution in [3.8, 4) is 11.4 Å². The van der Waals surface area contributed by atoms with Gasteiger partial charge in [0.1, 0.15) is 0 Å². The van der Waals surface area contributed by atoms with Crippen LogP contribution in [0.15, 0.2) is 29.6 Å². The van der Waals surface area contributed by atoms with Crippen LogP contribution in [0.25, 0.3) is 21.5 Å². The van der Waals surface area contributed by atoms with E-state index in [2.05, 4.69) is 15.5 Å². The van der Waals surface area contributed by atoms with Crippen molar-refractivity contribution >= 4 is 27.4 Å². The Labute approximate surface area is 112 Å². The van der Waals surface area contributed by atoms with Crippen LogP contribution < -0.4 is 0 Å². The minimum absolute atomic E-state index is 0.000109. The quantitative estimate of drug-likeness (QED) is 0.787. The van der Waals surface area contributed by atoms with Crippen LogP contribution in [0.3, 0.4) is 0 Å². The maximum atomic E-state index is 10.6. The zero-order valence-corrected chi connectivity index (χ0v) is 10.7. The molecule has 7 heteroatoms. The summed E-state index contributed by atoms with van der Waals surface area (Å²) in [5, 5.41) is 23.3. The van der Waals surface area contributed by atoms with Gasteiger partial charge in [-0.1, -0.05) is 18.2 Å². The van der Waals surface area contributed by atoms with Crippen LogP contribution in [-0.4, -0.2) is 31.3 Å². The van der Waals surface area contributed by atoms with Crippen molar-refractivity contribution in [2.45, 2.75) is 13.0 Å². The highest BCUT2D eigenvalue weighted by Crippen LogP contribution is 2.32. The lowest BCUT2D eigenvalue weighted by Gasteiger charge is -2.01. The van der Waals surface area contributed by atoms with Gasteiger partial charge in [-0.2, -0.15) is 0 Å². The van der Waals surface area contributed by atoms with Gasteiger partial charge in [0.25, 0.3) is 0 Å². The van der Waals surface area contributed by atoms with Gasteiger partial charge in [0.05, 0.1) is 13.0 Å². The minimum atomic E-state index is -0.864. The van der Waals surface area contributed by atoms with Crippen molar-refractivity contribution in [1.29, 1.82) is 0 Å². The maximum Gasteiger partial charge on any atom is 0.305 e. The molecule has 0 radical (unpaired) electrons. The molecule has 19 heavy (non-hydrogen) atoms. The van der Waals surface area contributed by atoms with Gasteiger partial charge in [-0.05, 0) is 16.5 Å². The summed E-state index contributed by atoms with van der Waals surface area (Å²) in [6.45, 7) is 0.266. The van der Waals surface area contributed by atoms with E-state index in [1.807, 2.05) is 29.6 Å². The van der Waals surface area contributed by atoms with E-state index in [0.29, 0.717) is 5.82 Å². The van der Waals surface area contributed by atoms with Crippen molar-refractivity contribution in [3.05, 3.63) is 29.6 Å².